The molecule has 1 N–H and O–H groups in total. The van der Waals surface area contributed by atoms with Gasteiger partial charge in [-0.25, -0.2) is 13.8 Å². The molecule has 1 fully saturated rings. The highest BCUT2D eigenvalue weighted by atomic mass is 19.1. The molecule has 0 saturated carbocycles. The molecule has 3 aromatic rings. The highest BCUT2D eigenvalue weighted by Gasteiger charge is 2.32. The predicted molar refractivity (Wildman–Crippen MR) is 115 cm³/mol. The summed E-state index contributed by atoms with van der Waals surface area (Å²) in [6, 6.07) is 10.9. The van der Waals surface area contributed by atoms with E-state index in [1.54, 1.807) is 47.1 Å². The van der Waals surface area contributed by atoms with Crippen LogP contribution < -0.4 is 5.32 Å². The summed E-state index contributed by atoms with van der Waals surface area (Å²) in [6.07, 6.45) is 4.61. The number of benzene rings is 2. The number of halogens is 2. The molecule has 2 unspecified atom stereocenters. The Bertz CT molecular complexity index is 1110. The zero-order valence-corrected chi connectivity index (χ0v) is 17.7. The lowest BCUT2D eigenvalue weighted by molar-refractivity contribution is -0.126. The van der Waals surface area contributed by atoms with Gasteiger partial charge in [0.1, 0.15) is 23.5 Å². The second-order valence-corrected chi connectivity index (χ2v) is 7.96. The van der Waals surface area contributed by atoms with Crippen molar-refractivity contribution in [2.45, 2.75) is 18.9 Å². The SMILES string of the molecule is Cn1ccnc1C(NC(=O)C1CCCN(C(=O)c2ccc(F)cc2)C1)c1ccccc1F. The number of aromatic nitrogens is 2. The Morgan fingerprint density at radius 2 is 1.88 bits per heavy atom. The van der Waals surface area contributed by atoms with Gasteiger partial charge in [-0.1, -0.05) is 18.2 Å². The van der Waals surface area contributed by atoms with Crippen molar-refractivity contribution in [3.63, 3.8) is 0 Å². The molecule has 1 aromatic heterocycles. The van der Waals surface area contributed by atoms with Crippen molar-refractivity contribution in [2.75, 3.05) is 13.1 Å². The number of imidazole rings is 1. The molecule has 0 aliphatic carbocycles. The van der Waals surface area contributed by atoms with Crippen molar-refractivity contribution in [1.29, 1.82) is 0 Å². The Hall–Kier alpha value is -3.55. The zero-order chi connectivity index (χ0) is 22.7. The quantitative estimate of drug-likeness (QED) is 0.664. The van der Waals surface area contributed by atoms with Gasteiger partial charge in [0.15, 0.2) is 0 Å². The molecule has 8 heteroatoms. The van der Waals surface area contributed by atoms with E-state index >= 15 is 0 Å². The van der Waals surface area contributed by atoms with Crippen LogP contribution in [0.2, 0.25) is 0 Å². The fourth-order valence-electron chi connectivity index (χ4n) is 4.06. The van der Waals surface area contributed by atoms with Gasteiger partial charge < -0.3 is 14.8 Å². The van der Waals surface area contributed by atoms with Gasteiger partial charge in [0.05, 0.1) is 5.92 Å². The van der Waals surface area contributed by atoms with Crippen LogP contribution >= 0.6 is 0 Å². The number of hydrogen-bond acceptors (Lipinski definition) is 3. The van der Waals surface area contributed by atoms with Crippen molar-refractivity contribution in [2.24, 2.45) is 13.0 Å². The van der Waals surface area contributed by atoms with E-state index in [2.05, 4.69) is 10.3 Å². The lowest BCUT2D eigenvalue weighted by Gasteiger charge is -2.33. The first kappa shape index (κ1) is 21.7. The lowest BCUT2D eigenvalue weighted by atomic mass is 9.95. The summed E-state index contributed by atoms with van der Waals surface area (Å²) in [4.78, 5) is 31.9. The Labute approximate surface area is 184 Å². The minimum Gasteiger partial charge on any atom is -0.342 e. The van der Waals surface area contributed by atoms with Crippen LogP contribution in [0.4, 0.5) is 8.78 Å². The van der Waals surface area contributed by atoms with Gasteiger partial charge in [-0.3, -0.25) is 9.59 Å². The smallest absolute Gasteiger partial charge is 0.253 e. The zero-order valence-electron chi connectivity index (χ0n) is 17.7. The summed E-state index contributed by atoms with van der Waals surface area (Å²) in [5, 5.41) is 2.94. The molecule has 1 saturated heterocycles. The Balaban J connectivity index is 1.52. The number of likely N-dealkylation sites (tertiary alicyclic amines) is 1. The minimum atomic E-state index is -0.758. The summed E-state index contributed by atoms with van der Waals surface area (Å²) >= 11 is 0. The van der Waals surface area contributed by atoms with Crippen molar-refractivity contribution in [1.82, 2.24) is 19.8 Å². The number of aryl methyl sites for hydroxylation is 1. The third kappa shape index (κ3) is 4.54. The number of nitrogens with one attached hydrogen (secondary N) is 1. The Morgan fingerprint density at radius 3 is 2.56 bits per heavy atom. The van der Waals surface area contributed by atoms with E-state index in [9.17, 15) is 18.4 Å². The maximum atomic E-state index is 14.6. The van der Waals surface area contributed by atoms with Crippen molar-refractivity contribution in [3.05, 3.63) is 89.5 Å². The first-order valence-electron chi connectivity index (χ1n) is 10.5. The van der Waals surface area contributed by atoms with E-state index in [0.717, 1.165) is 0 Å². The molecule has 166 valence electrons. The molecule has 2 amide bonds. The molecular weight excluding hydrogens is 414 g/mol. The Kier molecular flexibility index (Phi) is 6.30. The van der Waals surface area contributed by atoms with E-state index in [4.69, 9.17) is 0 Å². The topological polar surface area (TPSA) is 67.2 Å². The third-order valence-corrected chi connectivity index (χ3v) is 5.79. The number of piperidine rings is 1. The Morgan fingerprint density at radius 1 is 1.12 bits per heavy atom. The van der Waals surface area contributed by atoms with E-state index in [1.165, 1.54) is 30.3 Å². The van der Waals surface area contributed by atoms with Crippen LogP contribution in [0, 0.1) is 17.6 Å². The highest BCUT2D eigenvalue weighted by molar-refractivity contribution is 5.94. The van der Waals surface area contributed by atoms with Gasteiger partial charge in [0.25, 0.3) is 5.91 Å². The minimum absolute atomic E-state index is 0.239. The van der Waals surface area contributed by atoms with Gasteiger partial charge in [-0.15, -0.1) is 0 Å². The molecule has 1 aliphatic heterocycles. The maximum absolute atomic E-state index is 14.6. The molecule has 6 nitrogen and oxygen atoms in total. The van der Waals surface area contributed by atoms with Gasteiger partial charge in [-0.05, 0) is 43.2 Å². The standard InChI is InChI=1S/C24H24F2N4O2/c1-29-14-12-27-22(29)21(19-6-2-3-7-20(19)26)28-23(31)17-5-4-13-30(15-17)24(32)16-8-10-18(25)11-9-16/h2-3,6-12,14,17,21H,4-5,13,15H2,1H3,(H,28,31). The summed E-state index contributed by atoms with van der Waals surface area (Å²) in [5.74, 6) is -1.28. The van der Waals surface area contributed by atoms with E-state index in [-0.39, 0.29) is 18.4 Å². The van der Waals surface area contributed by atoms with Crippen molar-refractivity contribution in [3.8, 4) is 0 Å². The molecule has 1 aliphatic rings. The van der Waals surface area contributed by atoms with Crippen LogP contribution in [0.5, 0.6) is 0 Å². The number of carbonyl (C=O) groups excluding carboxylic acids is 2. The van der Waals surface area contributed by atoms with Crippen LogP contribution in [0.3, 0.4) is 0 Å². The monoisotopic (exact) mass is 438 g/mol. The van der Waals surface area contributed by atoms with E-state index in [1.807, 2.05) is 0 Å². The van der Waals surface area contributed by atoms with Crippen LogP contribution in [0.25, 0.3) is 0 Å². The summed E-state index contributed by atoms with van der Waals surface area (Å²) < 4.78 is 29.5. The van der Waals surface area contributed by atoms with Crippen LogP contribution in [0.15, 0.2) is 60.9 Å². The van der Waals surface area contributed by atoms with Crippen LogP contribution in [-0.2, 0) is 11.8 Å². The first-order valence-corrected chi connectivity index (χ1v) is 10.5. The molecule has 4 rings (SSSR count). The third-order valence-electron chi connectivity index (χ3n) is 5.79. The van der Waals surface area contributed by atoms with E-state index < -0.39 is 23.6 Å². The highest BCUT2D eigenvalue weighted by Crippen LogP contribution is 2.25. The molecule has 32 heavy (non-hydrogen) atoms. The van der Waals surface area contributed by atoms with Gasteiger partial charge in [-0.2, -0.15) is 0 Å². The number of rotatable bonds is 5. The molecule has 2 heterocycles. The summed E-state index contributed by atoms with van der Waals surface area (Å²) in [7, 11) is 1.78. The van der Waals surface area contributed by atoms with Gasteiger partial charge >= 0.3 is 0 Å². The largest absolute Gasteiger partial charge is 0.342 e. The molecule has 0 spiro atoms. The second-order valence-electron chi connectivity index (χ2n) is 7.96. The average Bonchev–Trinajstić information content (AvgIpc) is 3.23. The van der Waals surface area contributed by atoms with Crippen molar-refractivity contribution >= 4 is 11.8 Å². The van der Waals surface area contributed by atoms with Crippen LogP contribution in [0.1, 0.15) is 40.6 Å². The number of hydrogen-bond donors (Lipinski definition) is 1. The van der Waals surface area contributed by atoms with Gasteiger partial charge in [0.2, 0.25) is 5.91 Å². The summed E-state index contributed by atoms with van der Waals surface area (Å²) in [6.45, 7) is 0.767. The molecule has 0 bridgehead atoms. The van der Waals surface area contributed by atoms with Crippen molar-refractivity contribution < 1.29 is 18.4 Å². The normalized spacial score (nSPS) is 17.1. The maximum Gasteiger partial charge on any atom is 0.253 e. The number of nitrogens with zero attached hydrogens (tertiary/aromatic N) is 3. The fraction of sp³-hybridized carbons (Fsp3) is 0.292. The second kappa shape index (κ2) is 9.30. The molecular formula is C24H24F2N4O2. The van der Waals surface area contributed by atoms with E-state index in [0.29, 0.717) is 36.3 Å². The first-order chi connectivity index (χ1) is 15.4. The molecule has 0 radical (unpaired) electrons. The average molecular weight is 438 g/mol. The molecule has 2 atom stereocenters. The van der Waals surface area contributed by atoms with Crippen LogP contribution in [-0.4, -0.2) is 39.4 Å². The number of amides is 2. The fourth-order valence-corrected chi connectivity index (χ4v) is 4.06. The number of carbonyl (C=O) groups is 2. The molecule has 2 aromatic carbocycles. The predicted octanol–water partition coefficient (Wildman–Crippen LogP) is 3.46. The van der Waals surface area contributed by atoms with Gasteiger partial charge in [0, 0.05) is 43.7 Å². The lowest BCUT2D eigenvalue weighted by Crippen LogP contribution is -2.46. The summed E-state index contributed by atoms with van der Waals surface area (Å²) in [5.41, 5.74) is 0.704.